The second kappa shape index (κ2) is 8.81. The van der Waals surface area contributed by atoms with Crippen LogP contribution in [-0.4, -0.2) is 73.7 Å². The van der Waals surface area contributed by atoms with Crippen LogP contribution in [0.1, 0.15) is 32.6 Å². The van der Waals surface area contributed by atoms with Crippen LogP contribution in [0.25, 0.3) is 0 Å². The summed E-state index contributed by atoms with van der Waals surface area (Å²) in [5, 5.41) is 9.28. The van der Waals surface area contributed by atoms with Crippen molar-refractivity contribution in [2.24, 2.45) is 23.7 Å². The van der Waals surface area contributed by atoms with Crippen molar-refractivity contribution in [3.63, 3.8) is 0 Å². The minimum Gasteiger partial charge on any atom is -0.481 e. The number of carboxylic acid groups (broad SMARTS) is 1. The van der Waals surface area contributed by atoms with Crippen molar-refractivity contribution in [2.45, 2.75) is 32.6 Å². The number of carbonyl (C=O) groups is 2. The van der Waals surface area contributed by atoms with E-state index in [9.17, 15) is 14.7 Å². The molecule has 0 saturated carbocycles. The average Bonchev–Trinajstić information content (AvgIpc) is 2.51. The van der Waals surface area contributed by atoms with Gasteiger partial charge in [0.1, 0.15) is 0 Å². The monoisotopic (exact) mass is 340 g/mol. The summed E-state index contributed by atoms with van der Waals surface area (Å²) in [5.74, 6) is 0.381. The number of piperidine rings is 2. The Kier molecular flexibility index (Phi) is 7.04. The summed E-state index contributed by atoms with van der Waals surface area (Å²) < 4.78 is 5.16. The summed E-state index contributed by atoms with van der Waals surface area (Å²) in [5.41, 5.74) is 0. The molecule has 0 amide bonds. The number of likely N-dealkylation sites (tertiary alicyclic amines) is 2. The first kappa shape index (κ1) is 19.2. The predicted molar refractivity (Wildman–Crippen MR) is 91.7 cm³/mol. The van der Waals surface area contributed by atoms with Crippen LogP contribution in [0.2, 0.25) is 0 Å². The number of carbonyl (C=O) groups excluding carboxylic acids is 1. The van der Waals surface area contributed by atoms with Crippen LogP contribution in [-0.2, 0) is 14.3 Å². The van der Waals surface area contributed by atoms with Gasteiger partial charge in [-0.25, -0.2) is 0 Å². The third kappa shape index (κ3) is 5.18. The molecule has 138 valence electrons. The van der Waals surface area contributed by atoms with E-state index in [0.717, 1.165) is 39.0 Å². The van der Waals surface area contributed by atoms with Crippen LogP contribution in [0.4, 0.5) is 0 Å². The Morgan fingerprint density at radius 1 is 1.00 bits per heavy atom. The first-order valence-corrected chi connectivity index (χ1v) is 9.15. The van der Waals surface area contributed by atoms with E-state index >= 15 is 0 Å². The number of aliphatic carboxylic acids is 1. The highest BCUT2D eigenvalue weighted by molar-refractivity contribution is 5.69. The molecule has 0 aliphatic carbocycles. The first-order chi connectivity index (χ1) is 11.4. The number of nitrogens with zero attached hydrogens (tertiary/aromatic N) is 2. The molecule has 0 radical (unpaired) electrons. The molecule has 2 saturated heterocycles. The number of esters is 1. The third-order valence-corrected chi connectivity index (χ3v) is 5.74. The Morgan fingerprint density at radius 3 is 1.96 bits per heavy atom. The van der Waals surface area contributed by atoms with Crippen LogP contribution < -0.4 is 0 Å². The quantitative estimate of drug-likeness (QED) is 0.740. The van der Waals surface area contributed by atoms with Crippen LogP contribution in [0.5, 0.6) is 0 Å². The van der Waals surface area contributed by atoms with E-state index in [0.29, 0.717) is 30.8 Å². The summed E-state index contributed by atoms with van der Waals surface area (Å²) in [4.78, 5) is 27.9. The molecule has 0 bridgehead atoms. The van der Waals surface area contributed by atoms with E-state index in [-0.39, 0.29) is 18.3 Å². The van der Waals surface area contributed by atoms with Crippen LogP contribution in [0.3, 0.4) is 0 Å². The van der Waals surface area contributed by atoms with Gasteiger partial charge in [-0.3, -0.25) is 9.59 Å². The Hall–Kier alpha value is -1.14. The summed E-state index contributed by atoms with van der Waals surface area (Å²) in [6.07, 6.45) is 2.62. The van der Waals surface area contributed by atoms with Gasteiger partial charge in [-0.1, -0.05) is 0 Å². The fraction of sp³-hybridized carbons (Fsp3) is 0.889. The van der Waals surface area contributed by atoms with Gasteiger partial charge in [0.05, 0.1) is 6.61 Å². The second-order valence-corrected chi connectivity index (χ2v) is 7.56. The summed E-state index contributed by atoms with van der Waals surface area (Å²) in [6.45, 7) is 6.08. The van der Waals surface area contributed by atoms with Gasteiger partial charge >= 0.3 is 11.9 Å². The minimum absolute atomic E-state index is 0.115. The van der Waals surface area contributed by atoms with Crippen molar-refractivity contribution < 1.29 is 19.4 Å². The zero-order valence-electron chi connectivity index (χ0n) is 15.2. The van der Waals surface area contributed by atoms with Gasteiger partial charge in [0.25, 0.3) is 0 Å². The first-order valence-electron chi connectivity index (χ1n) is 9.15. The largest absolute Gasteiger partial charge is 0.481 e. The smallest absolute Gasteiger partial charge is 0.306 e. The molecule has 4 unspecified atom stereocenters. The van der Waals surface area contributed by atoms with E-state index in [2.05, 4.69) is 23.9 Å². The molecule has 0 aromatic heterocycles. The molecule has 2 heterocycles. The number of hydrogen-bond donors (Lipinski definition) is 1. The van der Waals surface area contributed by atoms with Crippen molar-refractivity contribution in [3.05, 3.63) is 0 Å². The van der Waals surface area contributed by atoms with Crippen molar-refractivity contribution in [1.29, 1.82) is 0 Å². The molecule has 4 atom stereocenters. The molecule has 0 aromatic rings. The van der Waals surface area contributed by atoms with Gasteiger partial charge in [0.2, 0.25) is 0 Å². The van der Waals surface area contributed by atoms with Gasteiger partial charge in [0, 0.05) is 25.9 Å². The number of hydrogen-bond acceptors (Lipinski definition) is 5. The van der Waals surface area contributed by atoms with Gasteiger partial charge in [0.15, 0.2) is 0 Å². The molecule has 0 spiro atoms. The van der Waals surface area contributed by atoms with Crippen molar-refractivity contribution in [2.75, 3.05) is 46.9 Å². The Morgan fingerprint density at radius 2 is 1.50 bits per heavy atom. The molecule has 2 fully saturated rings. The highest BCUT2D eigenvalue weighted by Gasteiger charge is 2.41. The molecular weight excluding hydrogens is 308 g/mol. The topological polar surface area (TPSA) is 70.1 Å². The fourth-order valence-electron chi connectivity index (χ4n) is 4.54. The lowest BCUT2D eigenvalue weighted by Crippen LogP contribution is -2.50. The molecule has 2 rings (SSSR count). The maximum atomic E-state index is 12.0. The summed E-state index contributed by atoms with van der Waals surface area (Å²) >= 11 is 0. The van der Waals surface area contributed by atoms with Crippen LogP contribution >= 0.6 is 0 Å². The Balaban J connectivity index is 2.13. The third-order valence-electron chi connectivity index (χ3n) is 5.74. The lowest BCUT2D eigenvalue weighted by molar-refractivity contribution is -0.146. The zero-order valence-corrected chi connectivity index (χ0v) is 15.2. The normalized spacial score (nSPS) is 32.5. The molecule has 2 aliphatic rings. The highest BCUT2D eigenvalue weighted by Crippen LogP contribution is 2.40. The number of ether oxygens (including phenoxy) is 1. The Bertz CT molecular complexity index is 443. The molecular formula is C18H32N2O4. The van der Waals surface area contributed by atoms with Crippen molar-refractivity contribution >= 4 is 11.9 Å². The number of carboxylic acids is 1. The highest BCUT2D eigenvalue weighted by atomic mass is 16.5. The van der Waals surface area contributed by atoms with E-state index in [1.54, 1.807) is 0 Å². The molecule has 0 aromatic carbocycles. The average molecular weight is 340 g/mol. The van der Waals surface area contributed by atoms with E-state index in [4.69, 9.17) is 4.74 Å². The van der Waals surface area contributed by atoms with Crippen LogP contribution in [0.15, 0.2) is 0 Å². The standard InChI is InChI=1S/C18H32N2O4/c1-4-24-18(23)10-14-6-8-20(3)12-16(14)15-11-19(2)7-5-13(15)9-17(21)22/h13-16H,4-12H2,1-3H3,(H,21,22). The maximum Gasteiger partial charge on any atom is 0.306 e. The molecule has 24 heavy (non-hydrogen) atoms. The van der Waals surface area contributed by atoms with Gasteiger partial charge in [-0.15, -0.1) is 0 Å². The van der Waals surface area contributed by atoms with Crippen LogP contribution in [0, 0.1) is 23.7 Å². The fourth-order valence-corrected chi connectivity index (χ4v) is 4.54. The SMILES string of the molecule is CCOC(=O)CC1CCN(C)CC1C1CN(C)CCC1CC(=O)O. The van der Waals surface area contributed by atoms with Gasteiger partial charge < -0.3 is 19.6 Å². The zero-order chi connectivity index (χ0) is 17.7. The molecule has 6 heteroatoms. The summed E-state index contributed by atoms with van der Waals surface area (Å²) in [6, 6.07) is 0. The van der Waals surface area contributed by atoms with Crippen molar-refractivity contribution in [1.82, 2.24) is 9.80 Å². The van der Waals surface area contributed by atoms with E-state index in [1.807, 2.05) is 6.92 Å². The molecule has 1 N–H and O–H groups in total. The maximum absolute atomic E-state index is 12.0. The van der Waals surface area contributed by atoms with E-state index in [1.165, 1.54) is 0 Å². The molecule has 6 nitrogen and oxygen atoms in total. The lowest BCUT2D eigenvalue weighted by Gasteiger charge is -2.47. The minimum atomic E-state index is -0.708. The van der Waals surface area contributed by atoms with E-state index < -0.39 is 5.97 Å². The predicted octanol–water partition coefficient (Wildman–Crippen LogP) is 1.55. The van der Waals surface area contributed by atoms with Gasteiger partial charge in [-0.05, 0) is 70.6 Å². The summed E-state index contributed by atoms with van der Waals surface area (Å²) in [7, 11) is 4.23. The van der Waals surface area contributed by atoms with Gasteiger partial charge in [-0.2, -0.15) is 0 Å². The molecule has 2 aliphatic heterocycles. The second-order valence-electron chi connectivity index (χ2n) is 7.56. The van der Waals surface area contributed by atoms with Crippen molar-refractivity contribution in [3.8, 4) is 0 Å². The lowest BCUT2D eigenvalue weighted by atomic mass is 9.68. The Labute approximate surface area is 145 Å². The number of rotatable bonds is 6.